The number of guanidine groups is 1. The fourth-order valence-electron chi connectivity index (χ4n) is 4.11. The molecule has 1 unspecified atom stereocenters. The molecule has 162 valence electrons. The number of hydrogen-bond acceptors (Lipinski definition) is 4. The van der Waals surface area contributed by atoms with Gasteiger partial charge < -0.3 is 20.5 Å². The molecule has 1 aromatic carbocycles. The van der Waals surface area contributed by atoms with Crippen LogP contribution in [0, 0.1) is 5.82 Å². The van der Waals surface area contributed by atoms with Crippen LogP contribution in [0.2, 0.25) is 0 Å². The molecule has 2 aliphatic rings. The van der Waals surface area contributed by atoms with Crippen molar-refractivity contribution < 1.29 is 14.2 Å². The van der Waals surface area contributed by atoms with Crippen molar-refractivity contribution in [2.45, 2.75) is 44.1 Å². The number of aliphatic imine (C=N–C) groups is 1. The van der Waals surface area contributed by atoms with Gasteiger partial charge in [0.2, 0.25) is 0 Å². The zero-order chi connectivity index (χ0) is 20.7. The Hall–Kier alpha value is -1.70. The van der Waals surface area contributed by atoms with Gasteiger partial charge in [-0.1, -0.05) is 18.6 Å². The number of nitrogens with one attached hydrogen (secondary N) is 2. The van der Waals surface area contributed by atoms with Gasteiger partial charge in [0.1, 0.15) is 5.82 Å². The van der Waals surface area contributed by atoms with Crippen LogP contribution in [0.4, 0.5) is 4.39 Å². The molecule has 0 radical (unpaired) electrons. The van der Waals surface area contributed by atoms with Gasteiger partial charge in [0.25, 0.3) is 0 Å². The molecule has 0 amide bonds. The Bertz CT molecular complexity index is 668. The van der Waals surface area contributed by atoms with E-state index in [-0.39, 0.29) is 11.2 Å². The van der Waals surface area contributed by atoms with Crippen molar-refractivity contribution in [1.82, 2.24) is 15.5 Å². The summed E-state index contributed by atoms with van der Waals surface area (Å²) in [7, 11) is 0. The Labute approximate surface area is 173 Å². The predicted molar refractivity (Wildman–Crippen MR) is 114 cm³/mol. The summed E-state index contributed by atoms with van der Waals surface area (Å²) in [6, 6.07) is 6.87. The van der Waals surface area contributed by atoms with E-state index in [1.165, 1.54) is 24.1 Å². The summed E-state index contributed by atoms with van der Waals surface area (Å²) < 4.78 is 18.7. The summed E-state index contributed by atoms with van der Waals surface area (Å²) in [6.07, 6.45) is 3.35. The molecule has 1 heterocycles. The van der Waals surface area contributed by atoms with E-state index in [0.29, 0.717) is 19.0 Å². The zero-order valence-electron chi connectivity index (χ0n) is 17.7. The van der Waals surface area contributed by atoms with E-state index in [0.717, 1.165) is 52.2 Å². The highest BCUT2D eigenvalue weighted by atomic mass is 19.1. The van der Waals surface area contributed by atoms with Crippen LogP contribution in [-0.4, -0.2) is 74.0 Å². The van der Waals surface area contributed by atoms with Gasteiger partial charge in [-0.15, -0.1) is 0 Å². The SMILES string of the molecule is CCNC(=NCC(C)(O)CN1CCOCC1)NCC1(c2ccc(F)cc2)CCC1. The maximum absolute atomic E-state index is 13.3. The molecule has 1 aromatic rings. The Balaban J connectivity index is 1.59. The quantitative estimate of drug-likeness (QED) is 0.454. The first-order valence-electron chi connectivity index (χ1n) is 10.7. The van der Waals surface area contributed by atoms with Crippen LogP contribution in [0.15, 0.2) is 29.3 Å². The molecule has 1 saturated heterocycles. The van der Waals surface area contributed by atoms with Crippen LogP contribution in [-0.2, 0) is 10.2 Å². The standard InChI is InChI=1S/C22H35FN4O2/c1-3-24-20(25-15-21(2,28)17-27-11-13-29-14-12-27)26-16-22(9-4-10-22)18-5-7-19(23)8-6-18/h5-8,28H,3-4,9-17H2,1-2H3,(H2,24,25,26). The topological polar surface area (TPSA) is 69.1 Å². The van der Waals surface area contributed by atoms with Gasteiger partial charge >= 0.3 is 0 Å². The second kappa shape index (κ2) is 9.87. The number of halogens is 1. The average molecular weight is 407 g/mol. The molecule has 29 heavy (non-hydrogen) atoms. The third kappa shape index (κ3) is 6.14. The third-order valence-corrected chi connectivity index (χ3v) is 5.95. The fraction of sp³-hybridized carbons (Fsp3) is 0.682. The summed E-state index contributed by atoms with van der Waals surface area (Å²) >= 11 is 0. The van der Waals surface area contributed by atoms with Gasteiger partial charge in [-0.05, 0) is 44.4 Å². The molecule has 1 saturated carbocycles. The largest absolute Gasteiger partial charge is 0.387 e. The van der Waals surface area contributed by atoms with Gasteiger partial charge in [0.15, 0.2) is 5.96 Å². The van der Waals surface area contributed by atoms with Crippen molar-refractivity contribution in [3.63, 3.8) is 0 Å². The van der Waals surface area contributed by atoms with E-state index in [9.17, 15) is 9.50 Å². The Morgan fingerprint density at radius 2 is 1.93 bits per heavy atom. The first-order valence-corrected chi connectivity index (χ1v) is 10.7. The molecule has 3 N–H and O–H groups in total. The van der Waals surface area contributed by atoms with Gasteiger partial charge in [-0.25, -0.2) is 4.39 Å². The normalized spacial score (nSPS) is 21.9. The molecule has 2 fully saturated rings. The first kappa shape index (κ1) is 22.0. The molecular weight excluding hydrogens is 371 g/mol. The number of β-amino-alcohol motifs (C(OH)–C–C–N with tert-alkyl or cyclic N) is 1. The van der Waals surface area contributed by atoms with E-state index in [2.05, 4.69) is 20.5 Å². The van der Waals surface area contributed by atoms with Crippen molar-refractivity contribution in [1.29, 1.82) is 0 Å². The van der Waals surface area contributed by atoms with E-state index in [4.69, 9.17) is 4.74 Å². The molecule has 7 heteroatoms. The maximum Gasteiger partial charge on any atom is 0.191 e. The molecule has 1 atom stereocenters. The average Bonchev–Trinajstić information content (AvgIpc) is 2.67. The number of rotatable bonds is 8. The van der Waals surface area contributed by atoms with Gasteiger partial charge in [0.05, 0.1) is 25.4 Å². The molecular formula is C22H35FN4O2. The molecule has 0 aromatic heterocycles. The van der Waals surface area contributed by atoms with Crippen molar-refractivity contribution >= 4 is 5.96 Å². The van der Waals surface area contributed by atoms with Crippen LogP contribution in [0.1, 0.15) is 38.7 Å². The summed E-state index contributed by atoms with van der Waals surface area (Å²) in [5, 5.41) is 17.5. The number of nitrogens with zero attached hydrogens (tertiary/aromatic N) is 2. The number of aliphatic hydroxyl groups is 1. The van der Waals surface area contributed by atoms with Crippen LogP contribution in [0.3, 0.4) is 0 Å². The highest BCUT2D eigenvalue weighted by Crippen LogP contribution is 2.43. The van der Waals surface area contributed by atoms with Crippen LogP contribution < -0.4 is 10.6 Å². The Morgan fingerprint density at radius 3 is 2.52 bits per heavy atom. The van der Waals surface area contributed by atoms with Crippen molar-refractivity contribution in [2.75, 3.05) is 52.5 Å². The highest BCUT2D eigenvalue weighted by molar-refractivity contribution is 5.80. The third-order valence-electron chi connectivity index (χ3n) is 5.95. The zero-order valence-corrected chi connectivity index (χ0v) is 17.7. The molecule has 6 nitrogen and oxygen atoms in total. The lowest BCUT2D eigenvalue weighted by Gasteiger charge is -2.43. The van der Waals surface area contributed by atoms with E-state index >= 15 is 0 Å². The Morgan fingerprint density at radius 1 is 1.24 bits per heavy atom. The molecule has 0 spiro atoms. The second-order valence-corrected chi connectivity index (χ2v) is 8.57. The molecule has 3 rings (SSSR count). The maximum atomic E-state index is 13.3. The van der Waals surface area contributed by atoms with E-state index < -0.39 is 5.60 Å². The van der Waals surface area contributed by atoms with Gasteiger partial charge in [-0.3, -0.25) is 9.89 Å². The first-order chi connectivity index (χ1) is 13.9. The predicted octanol–water partition coefficient (Wildman–Crippen LogP) is 1.89. The molecule has 1 aliphatic carbocycles. The number of hydrogen-bond donors (Lipinski definition) is 3. The van der Waals surface area contributed by atoms with Crippen LogP contribution >= 0.6 is 0 Å². The summed E-state index contributed by atoms with van der Waals surface area (Å²) in [6.45, 7) is 9.39. The summed E-state index contributed by atoms with van der Waals surface area (Å²) in [5.74, 6) is 0.511. The smallest absolute Gasteiger partial charge is 0.191 e. The molecule has 0 bridgehead atoms. The Kier molecular flexibility index (Phi) is 7.49. The number of ether oxygens (including phenoxy) is 1. The molecule has 1 aliphatic heterocycles. The lowest BCUT2D eigenvalue weighted by Crippen LogP contribution is -2.50. The van der Waals surface area contributed by atoms with E-state index in [1.807, 2.05) is 26.0 Å². The van der Waals surface area contributed by atoms with Crippen molar-refractivity contribution in [3.05, 3.63) is 35.6 Å². The fourth-order valence-corrected chi connectivity index (χ4v) is 4.11. The number of morpholine rings is 1. The van der Waals surface area contributed by atoms with Crippen molar-refractivity contribution in [2.24, 2.45) is 4.99 Å². The van der Waals surface area contributed by atoms with Gasteiger partial charge in [0, 0.05) is 38.1 Å². The minimum atomic E-state index is -0.898. The van der Waals surface area contributed by atoms with E-state index in [1.54, 1.807) is 0 Å². The lowest BCUT2D eigenvalue weighted by atomic mass is 9.64. The van der Waals surface area contributed by atoms with Crippen LogP contribution in [0.25, 0.3) is 0 Å². The lowest BCUT2D eigenvalue weighted by molar-refractivity contribution is -0.0180. The second-order valence-electron chi connectivity index (χ2n) is 8.57. The van der Waals surface area contributed by atoms with Gasteiger partial charge in [-0.2, -0.15) is 0 Å². The minimum Gasteiger partial charge on any atom is -0.387 e. The number of benzene rings is 1. The van der Waals surface area contributed by atoms with Crippen LogP contribution in [0.5, 0.6) is 0 Å². The summed E-state index contributed by atoms with van der Waals surface area (Å²) in [5.41, 5.74) is 0.304. The summed E-state index contributed by atoms with van der Waals surface area (Å²) in [4.78, 5) is 6.87. The monoisotopic (exact) mass is 406 g/mol. The minimum absolute atomic E-state index is 0.0280. The highest BCUT2D eigenvalue weighted by Gasteiger charge is 2.38. The van der Waals surface area contributed by atoms with Crippen molar-refractivity contribution in [3.8, 4) is 0 Å².